The summed E-state index contributed by atoms with van der Waals surface area (Å²) in [5.74, 6) is 0. The normalized spacial score (nSPS) is 12.7. The van der Waals surface area contributed by atoms with E-state index in [1.807, 2.05) is 0 Å². The third-order valence-electron chi connectivity index (χ3n) is 0. The molecule has 0 heterocycles. The van der Waals surface area contributed by atoms with Crippen LogP contribution in [-0.2, 0) is 0.838 Å². The molecule has 0 aliphatic heterocycles. The summed E-state index contributed by atoms with van der Waals surface area (Å²) in [6.45, 7) is 0. The minimum absolute atomic E-state index is 0. The SMILES string of the molecule is [I][Os]([I])([I])[I].[Na]. The Balaban J connectivity index is 0. The van der Waals surface area contributed by atoms with Crippen molar-refractivity contribution in [3.8, 4) is 0 Å². The molecule has 0 aromatic heterocycles. The van der Waals surface area contributed by atoms with E-state index in [1.54, 1.807) is 0 Å². The van der Waals surface area contributed by atoms with Crippen molar-refractivity contribution in [2.24, 2.45) is 0 Å². The molecule has 0 aromatic rings. The third kappa shape index (κ3) is 23.5. The van der Waals surface area contributed by atoms with Gasteiger partial charge in [-0.15, -0.1) is 0 Å². The van der Waals surface area contributed by atoms with Crippen LogP contribution in [0.5, 0.6) is 0 Å². The second kappa shape index (κ2) is 6.28. The molecule has 0 nitrogen and oxygen atoms in total. The Morgan fingerprint density at radius 3 is 0.833 bits per heavy atom. The number of hydrogen-bond acceptors (Lipinski definition) is 0. The third-order valence-corrected chi connectivity index (χ3v) is 0. The van der Waals surface area contributed by atoms with Crippen LogP contribution in [0.1, 0.15) is 0 Å². The molecule has 0 aromatic carbocycles. The van der Waals surface area contributed by atoms with Crippen molar-refractivity contribution >= 4 is 108 Å². The quantitative estimate of drug-likeness (QED) is 0.267. The van der Waals surface area contributed by atoms with Gasteiger partial charge in [-0.3, -0.25) is 0 Å². The summed E-state index contributed by atoms with van der Waals surface area (Å²) < 4.78 is -1.18. The summed E-state index contributed by atoms with van der Waals surface area (Å²) in [6.07, 6.45) is 0. The topological polar surface area (TPSA) is 0 Å². The van der Waals surface area contributed by atoms with Crippen LogP contribution in [0.3, 0.4) is 0 Å². The summed E-state index contributed by atoms with van der Waals surface area (Å²) in [7, 11) is 0. The van der Waals surface area contributed by atoms with Crippen molar-refractivity contribution in [1.29, 1.82) is 0 Å². The Morgan fingerprint density at radius 1 is 0.833 bits per heavy atom. The molecule has 0 amide bonds. The Bertz CT molecular complexity index is 23.0. The second-order valence-corrected chi connectivity index (χ2v) is 112. The zero-order valence-electron chi connectivity index (χ0n) is 2.87. The zero-order chi connectivity index (χ0) is 4.50. The summed E-state index contributed by atoms with van der Waals surface area (Å²) in [5, 5.41) is 0. The molecule has 6 heteroatoms. The Kier molecular flexibility index (Phi) is 13.8. The van der Waals surface area contributed by atoms with Crippen molar-refractivity contribution in [3.05, 3.63) is 0 Å². The second-order valence-electron chi connectivity index (χ2n) is 0.303. The minimum Gasteiger partial charge on any atom is 0 e. The molecule has 0 atom stereocenters. The van der Waals surface area contributed by atoms with Gasteiger partial charge in [0.15, 0.2) is 0 Å². The van der Waals surface area contributed by atoms with Crippen LogP contribution in [0.4, 0.5) is 0 Å². The standard InChI is InChI=1S/4HI.Na.Os/h4*1H;;/q;;;;;+4/p-4. The van der Waals surface area contributed by atoms with Gasteiger partial charge in [-0.1, -0.05) is 0 Å². The van der Waals surface area contributed by atoms with Gasteiger partial charge in [0.1, 0.15) is 0 Å². The Labute approximate surface area is 105 Å². The van der Waals surface area contributed by atoms with Gasteiger partial charge in [-0.25, -0.2) is 0 Å². The average molecular weight is 721 g/mol. The van der Waals surface area contributed by atoms with Crippen LogP contribution in [0.15, 0.2) is 0 Å². The molecule has 0 rings (SSSR count). The van der Waals surface area contributed by atoms with Gasteiger partial charge >= 0.3 is 79.5 Å². The maximum Gasteiger partial charge on any atom is 0 e. The van der Waals surface area contributed by atoms with Crippen molar-refractivity contribution in [2.45, 2.75) is 0 Å². The molecule has 0 unspecified atom stereocenters. The first-order valence-electron chi connectivity index (χ1n) is 0.535. The summed E-state index contributed by atoms with van der Waals surface area (Å²) in [6, 6.07) is 0. The predicted molar refractivity (Wildman–Crippen MR) is 61.8 cm³/mol. The van der Waals surface area contributed by atoms with Crippen LogP contribution in [-0.4, -0.2) is 29.6 Å². The van der Waals surface area contributed by atoms with Crippen LogP contribution in [0.2, 0.25) is 0 Å². The molecule has 0 saturated heterocycles. The van der Waals surface area contributed by atoms with Gasteiger partial charge in [0.2, 0.25) is 0 Å². The fourth-order valence-corrected chi connectivity index (χ4v) is 0. The molecule has 37 valence electrons. The van der Waals surface area contributed by atoms with Gasteiger partial charge in [0, 0.05) is 29.6 Å². The Morgan fingerprint density at radius 2 is 0.833 bits per heavy atom. The molecule has 0 bridgehead atoms. The maximum atomic E-state index is 2.53. The molecule has 1 radical (unpaired) electrons. The van der Waals surface area contributed by atoms with E-state index in [-0.39, 0.29) is 29.6 Å². The van der Waals surface area contributed by atoms with Crippen molar-refractivity contribution in [1.82, 2.24) is 0 Å². The number of hydrogen-bond donors (Lipinski definition) is 0. The first kappa shape index (κ1) is 13.2. The predicted octanol–water partition coefficient (Wildman–Crippen LogP) is 3.16. The smallest absolute Gasteiger partial charge is 0 e. The summed E-state index contributed by atoms with van der Waals surface area (Å²) in [5.41, 5.74) is 0. The molecule has 0 aliphatic rings. The monoisotopic (exact) mass is 723 g/mol. The van der Waals surface area contributed by atoms with E-state index >= 15 is 0 Å². The maximum absolute atomic E-state index is 2.53. The molecular weight excluding hydrogens is 721 g/mol. The molecule has 0 aliphatic carbocycles. The van der Waals surface area contributed by atoms with Crippen LogP contribution >= 0.6 is 78.7 Å². The Hall–Kier alpha value is 4.56. The van der Waals surface area contributed by atoms with E-state index in [4.69, 9.17) is 0 Å². The van der Waals surface area contributed by atoms with E-state index in [9.17, 15) is 0 Å². The fraction of sp³-hybridized carbons (Fsp3) is 0. The van der Waals surface area contributed by atoms with E-state index in [0.29, 0.717) is 0 Å². The summed E-state index contributed by atoms with van der Waals surface area (Å²) >= 11 is 10.1. The van der Waals surface area contributed by atoms with Crippen LogP contribution < -0.4 is 0 Å². The molecule has 0 saturated carbocycles. The van der Waals surface area contributed by atoms with Gasteiger partial charge in [-0.2, -0.15) is 0 Å². The van der Waals surface area contributed by atoms with E-state index in [1.165, 1.54) is 0 Å². The van der Waals surface area contributed by atoms with Gasteiger partial charge in [0.25, 0.3) is 0 Å². The molecule has 6 heavy (non-hydrogen) atoms. The number of halogens is 4. The zero-order valence-corrected chi connectivity index (χ0v) is 16.0. The molecule has 0 N–H and O–H groups in total. The van der Waals surface area contributed by atoms with E-state index in [2.05, 4.69) is 78.7 Å². The van der Waals surface area contributed by atoms with Crippen molar-refractivity contribution < 1.29 is 0.838 Å². The number of rotatable bonds is 0. The van der Waals surface area contributed by atoms with Gasteiger partial charge in [-0.05, 0) is 0 Å². The van der Waals surface area contributed by atoms with E-state index in [0.717, 1.165) is 0 Å². The van der Waals surface area contributed by atoms with E-state index < -0.39 is 0.838 Å². The molecule has 0 fully saturated rings. The largest absolute Gasteiger partial charge is 0 e. The first-order valence-corrected chi connectivity index (χ1v) is 29.4. The first-order chi connectivity index (χ1) is 2.00. The van der Waals surface area contributed by atoms with Gasteiger partial charge < -0.3 is 0 Å². The minimum atomic E-state index is -1.18. The van der Waals surface area contributed by atoms with Crippen molar-refractivity contribution in [2.75, 3.05) is 0 Å². The van der Waals surface area contributed by atoms with Crippen LogP contribution in [0, 0.1) is 0 Å². The average Bonchev–Trinajstić information content (AvgIpc) is 0.722. The molecule has 0 spiro atoms. The van der Waals surface area contributed by atoms with Crippen LogP contribution in [0.25, 0.3) is 0 Å². The fourth-order valence-electron chi connectivity index (χ4n) is 0. The van der Waals surface area contributed by atoms with Crippen molar-refractivity contribution in [3.63, 3.8) is 0 Å². The van der Waals surface area contributed by atoms with Gasteiger partial charge in [0.05, 0.1) is 0 Å². The molecular formula is I4NaOs. The summed E-state index contributed by atoms with van der Waals surface area (Å²) in [4.78, 5) is 0.